The van der Waals surface area contributed by atoms with Crippen LogP contribution < -0.4 is 20.3 Å². The Morgan fingerprint density at radius 1 is 1.09 bits per heavy atom. The number of carbonyl (C=O) groups excluding carboxylic acids is 1. The van der Waals surface area contributed by atoms with Crippen LogP contribution in [0.5, 0.6) is 5.75 Å². The maximum absolute atomic E-state index is 13.3. The van der Waals surface area contributed by atoms with E-state index in [0.717, 1.165) is 58.0 Å². The van der Waals surface area contributed by atoms with Crippen LogP contribution in [0, 0.1) is 17.7 Å². The van der Waals surface area contributed by atoms with Gasteiger partial charge in [0.2, 0.25) is 0 Å². The van der Waals surface area contributed by atoms with E-state index >= 15 is 0 Å². The van der Waals surface area contributed by atoms with Gasteiger partial charge < -0.3 is 20.3 Å². The zero-order valence-corrected chi connectivity index (χ0v) is 20.5. The zero-order chi connectivity index (χ0) is 24.2. The van der Waals surface area contributed by atoms with E-state index in [-0.39, 0.29) is 11.8 Å². The smallest absolute Gasteiger partial charge is 0.319 e. The number of benzene rings is 2. The Morgan fingerprint density at radius 2 is 1.91 bits per heavy atom. The Labute approximate surface area is 207 Å². The third-order valence-corrected chi connectivity index (χ3v) is 7.89. The van der Waals surface area contributed by atoms with Crippen LogP contribution in [0.3, 0.4) is 0 Å². The van der Waals surface area contributed by atoms with Gasteiger partial charge in [0.25, 0.3) is 0 Å². The number of methoxy groups -OCH3 is 1. The molecule has 6 rings (SSSR count). The molecule has 35 heavy (non-hydrogen) atoms. The molecule has 2 amide bonds. The van der Waals surface area contributed by atoms with E-state index in [1.54, 1.807) is 19.2 Å². The first-order valence-electron chi connectivity index (χ1n) is 12.7. The number of hydrogen-bond donors (Lipinski definition) is 2. The Bertz CT molecular complexity index is 1010. The number of amides is 2. The summed E-state index contributed by atoms with van der Waals surface area (Å²) in [7, 11) is 1.74. The number of halogens is 1. The van der Waals surface area contributed by atoms with Crippen molar-refractivity contribution in [3.05, 3.63) is 54.3 Å². The molecule has 0 spiro atoms. The minimum atomic E-state index is -0.356. The summed E-state index contributed by atoms with van der Waals surface area (Å²) in [6.07, 6.45) is 2.38. The number of urea groups is 1. The average Bonchev–Trinajstić information content (AvgIpc) is 2.88. The molecule has 2 N–H and O–H groups in total. The average molecular weight is 482 g/mol. The summed E-state index contributed by atoms with van der Waals surface area (Å²) in [6, 6.07) is 14.4. The molecule has 0 aliphatic carbocycles. The molecule has 0 saturated carbocycles. The molecular formula is C27H36FN5O2. The lowest BCUT2D eigenvalue weighted by Crippen LogP contribution is -2.59. The molecule has 2 aromatic rings. The molecule has 2 bridgehead atoms. The summed E-state index contributed by atoms with van der Waals surface area (Å²) in [5.74, 6) is 2.00. The Morgan fingerprint density at radius 3 is 2.66 bits per heavy atom. The molecule has 0 radical (unpaired) electrons. The standard InChI is InChI=1S/C27H36FN5O2/c1-35-26-8-3-2-7-25(26)32-13-11-31(12-14-32)18-21-19-33-10-9-20(21)15-24(33)17-29-27(34)30-23-6-4-5-22(28)16-23/h2-8,16,20-21,24H,9-15,17-19H2,1H3,(H2,29,30,34)/t20-,21-,24+/m0/s1. The number of fused-ring (bicyclic) bond motifs is 3. The fourth-order valence-electron chi connectivity index (χ4n) is 6.01. The Kier molecular flexibility index (Phi) is 7.39. The van der Waals surface area contributed by atoms with E-state index in [1.165, 1.54) is 24.2 Å². The molecule has 4 atom stereocenters. The van der Waals surface area contributed by atoms with Crippen molar-refractivity contribution >= 4 is 17.4 Å². The van der Waals surface area contributed by atoms with Crippen molar-refractivity contribution in [1.82, 2.24) is 15.1 Å². The molecule has 7 nitrogen and oxygen atoms in total. The number of anilines is 2. The number of piperazine rings is 1. The predicted molar refractivity (Wildman–Crippen MR) is 137 cm³/mol. The number of rotatable bonds is 7. The van der Waals surface area contributed by atoms with Crippen molar-refractivity contribution in [2.24, 2.45) is 11.8 Å². The van der Waals surface area contributed by atoms with Gasteiger partial charge in [0.15, 0.2) is 0 Å². The lowest BCUT2D eigenvalue weighted by Gasteiger charge is -2.51. The highest BCUT2D eigenvalue weighted by atomic mass is 19.1. The largest absolute Gasteiger partial charge is 0.495 e. The lowest BCUT2D eigenvalue weighted by atomic mass is 9.75. The fraction of sp³-hybridized carbons (Fsp3) is 0.519. The maximum Gasteiger partial charge on any atom is 0.319 e. The third kappa shape index (κ3) is 5.70. The first-order valence-corrected chi connectivity index (χ1v) is 12.7. The summed E-state index contributed by atoms with van der Waals surface area (Å²) < 4.78 is 18.9. The van der Waals surface area contributed by atoms with Gasteiger partial charge in [-0.15, -0.1) is 0 Å². The minimum Gasteiger partial charge on any atom is -0.495 e. The normalized spacial score (nSPS) is 26.4. The van der Waals surface area contributed by atoms with Crippen LogP contribution in [0.4, 0.5) is 20.6 Å². The van der Waals surface area contributed by atoms with E-state index in [1.807, 2.05) is 12.1 Å². The highest BCUT2D eigenvalue weighted by molar-refractivity contribution is 5.89. The second kappa shape index (κ2) is 10.8. The molecule has 4 fully saturated rings. The Balaban J connectivity index is 1.07. The monoisotopic (exact) mass is 481 g/mol. The third-order valence-electron chi connectivity index (χ3n) is 7.89. The van der Waals surface area contributed by atoms with E-state index in [9.17, 15) is 9.18 Å². The van der Waals surface area contributed by atoms with Gasteiger partial charge >= 0.3 is 6.03 Å². The topological polar surface area (TPSA) is 60.1 Å². The van der Waals surface area contributed by atoms with E-state index in [4.69, 9.17) is 4.74 Å². The fourth-order valence-corrected chi connectivity index (χ4v) is 6.01. The van der Waals surface area contributed by atoms with Crippen molar-refractivity contribution in [2.45, 2.75) is 18.9 Å². The van der Waals surface area contributed by atoms with Crippen LogP contribution in [0.2, 0.25) is 0 Å². The molecular weight excluding hydrogens is 445 g/mol. The first kappa shape index (κ1) is 23.9. The molecule has 0 aromatic heterocycles. The van der Waals surface area contributed by atoms with Crippen molar-refractivity contribution in [2.75, 3.05) is 69.7 Å². The summed E-state index contributed by atoms with van der Waals surface area (Å²) in [5, 5.41) is 5.72. The SMILES string of the molecule is COc1ccccc1N1CCN(C[C@H]2CN3CC[C@H]2C[C@@H]3CNC(=O)Nc2cccc(F)c2)CC1. The number of carbonyl (C=O) groups is 1. The van der Waals surface area contributed by atoms with Gasteiger partial charge in [-0.05, 0) is 61.6 Å². The van der Waals surface area contributed by atoms with Gasteiger partial charge in [-0.2, -0.15) is 0 Å². The number of para-hydroxylation sites is 2. The van der Waals surface area contributed by atoms with Gasteiger partial charge in [-0.25, -0.2) is 9.18 Å². The van der Waals surface area contributed by atoms with Gasteiger partial charge in [-0.1, -0.05) is 18.2 Å². The van der Waals surface area contributed by atoms with Gasteiger partial charge in [0.05, 0.1) is 12.8 Å². The first-order chi connectivity index (χ1) is 17.1. The molecule has 4 aliphatic rings. The van der Waals surface area contributed by atoms with Crippen molar-refractivity contribution in [1.29, 1.82) is 0 Å². The number of nitrogens with one attached hydrogen (secondary N) is 2. The van der Waals surface area contributed by atoms with E-state index in [2.05, 4.69) is 37.5 Å². The van der Waals surface area contributed by atoms with Crippen LogP contribution in [0.15, 0.2) is 48.5 Å². The molecule has 4 heterocycles. The van der Waals surface area contributed by atoms with Crippen LogP contribution in [0.1, 0.15) is 12.8 Å². The number of nitrogens with zero attached hydrogens (tertiary/aromatic N) is 3. The van der Waals surface area contributed by atoms with Crippen LogP contribution in [-0.2, 0) is 0 Å². The summed E-state index contributed by atoms with van der Waals surface area (Å²) >= 11 is 0. The lowest BCUT2D eigenvalue weighted by molar-refractivity contribution is -0.0114. The second-order valence-electron chi connectivity index (χ2n) is 10.00. The summed E-state index contributed by atoms with van der Waals surface area (Å²) in [4.78, 5) is 19.9. The van der Waals surface area contributed by atoms with Crippen LogP contribution >= 0.6 is 0 Å². The quantitative estimate of drug-likeness (QED) is 0.634. The van der Waals surface area contributed by atoms with Gasteiger partial charge in [0.1, 0.15) is 11.6 Å². The van der Waals surface area contributed by atoms with E-state index < -0.39 is 0 Å². The highest BCUT2D eigenvalue weighted by Crippen LogP contribution is 2.37. The van der Waals surface area contributed by atoms with Crippen LogP contribution in [0.25, 0.3) is 0 Å². The maximum atomic E-state index is 13.3. The number of hydrogen-bond acceptors (Lipinski definition) is 5. The van der Waals surface area contributed by atoms with E-state index in [0.29, 0.717) is 30.1 Å². The van der Waals surface area contributed by atoms with Crippen molar-refractivity contribution in [3.8, 4) is 5.75 Å². The van der Waals surface area contributed by atoms with Crippen molar-refractivity contribution < 1.29 is 13.9 Å². The molecule has 188 valence electrons. The number of piperidine rings is 3. The van der Waals surface area contributed by atoms with Gasteiger partial charge in [0, 0.05) is 57.5 Å². The molecule has 2 aromatic carbocycles. The zero-order valence-electron chi connectivity index (χ0n) is 20.5. The molecule has 8 heteroatoms. The molecule has 4 aliphatic heterocycles. The number of ether oxygens (including phenoxy) is 1. The Hall–Kier alpha value is -2.84. The predicted octanol–water partition coefficient (Wildman–Crippen LogP) is 3.49. The summed E-state index contributed by atoms with van der Waals surface area (Å²) in [6.45, 7) is 8.20. The molecule has 4 saturated heterocycles. The highest BCUT2D eigenvalue weighted by Gasteiger charge is 2.40. The minimum absolute atomic E-state index is 0.275. The van der Waals surface area contributed by atoms with Crippen molar-refractivity contribution in [3.63, 3.8) is 0 Å². The molecule has 1 unspecified atom stereocenters. The second-order valence-corrected chi connectivity index (χ2v) is 10.00. The van der Waals surface area contributed by atoms with Gasteiger partial charge in [-0.3, -0.25) is 9.80 Å². The summed E-state index contributed by atoms with van der Waals surface area (Å²) in [5.41, 5.74) is 1.66. The van der Waals surface area contributed by atoms with Crippen LogP contribution in [-0.4, -0.2) is 81.3 Å².